The van der Waals surface area contributed by atoms with Gasteiger partial charge in [-0.1, -0.05) is 0 Å². The van der Waals surface area contributed by atoms with Gasteiger partial charge in [-0.25, -0.2) is 0 Å². The lowest BCUT2D eigenvalue weighted by molar-refractivity contribution is -0.138. The van der Waals surface area contributed by atoms with Gasteiger partial charge >= 0.3 is 5.97 Å². The minimum absolute atomic E-state index is 0.0405. The largest absolute Gasteiger partial charge is 0.481 e. The van der Waals surface area contributed by atoms with Gasteiger partial charge in [-0.2, -0.15) is 0 Å². The first kappa shape index (κ1) is 6.93. The fourth-order valence-electron chi connectivity index (χ4n) is 2.77. The van der Waals surface area contributed by atoms with Gasteiger partial charge in [0.05, 0.1) is 5.92 Å². The summed E-state index contributed by atoms with van der Waals surface area (Å²) in [5.74, 6) is 2.83. The maximum atomic E-state index is 10.6. The van der Waals surface area contributed by atoms with E-state index in [-0.39, 0.29) is 5.92 Å². The topological polar surface area (TPSA) is 37.3 Å². The van der Waals surface area contributed by atoms with Crippen LogP contribution in [0.4, 0.5) is 0 Å². The molecule has 3 aliphatic rings. The molecule has 12 heavy (non-hydrogen) atoms. The summed E-state index contributed by atoms with van der Waals surface area (Å²) in [7, 11) is 0. The van der Waals surface area contributed by atoms with Crippen LogP contribution in [0.5, 0.6) is 0 Å². The van der Waals surface area contributed by atoms with Crippen LogP contribution in [-0.4, -0.2) is 11.1 Å². The van der Waals surface area contributed by atoms with E-state index in [9.17, 15) is 4.79 Å². The van der Waals surface area contributed by atoms with E-state index in [1.165, 1.54) is 19.3 Å². The van der Waals surface area contributed by atoms with Crippen molar-refractivity contribution in [2.45, 2.75) is 25.7 Å². The van der Waals surface area contributed by atoms with E-state index in [0.29, 0.717) is 5.92 Å². The molecule has 0 aromatic heterocycles. The lowest BCUT2D eigenvalue weighted by Crippen LogP contribution is -2.01. The van der Waals surface area contributed by atoms with Gasteiger partial charge in [-0.15, -0.1) is 0 Å². The summed E-state index contributed by atoms with van der Waals surface area (Å²) in [6.45, 7) is 0. The van der Waals surface area contributed by atoms with Crippen molar-refractivity contribution in [3.05, 3.63) is 0 Å². The molecule has 2 heteroatoms. The molecule has 3 fully saturated rings. The number of hydrogen-bond acceptors (Lipinski definition) is 1. The second kappa shape index (κ2) is 2.04. The summed E-state index contributed by atoms with van der Waals surface area (Å²) in [5.41, 5.74) is 0. The average Bonchev–Trinajstić information content (AvgIpc) is 2.87. The molecule has 0 heterocycles. The highest BCUT2D eigenvalue weighted by molar-refractivity contribution is 5.73. The monoisotopic (exact) mass is 166 g/mol. The van der Waals surface area contributed by atoms with Crippen LogP contribution in [0.1, 0.15) is 25.7 Å². The lowest BCUT2D eigenvalue weighted by atomic mass is 10.1. The molecule has 66 valence electrons. The summed E-state index contributed by atoms with van der Waals surface area (Å²) in [4.78, 5) is 10.6. The van der Waals surface area contributed by atoms with Gasteiger partial charge in [0.15, 0.2) is 0 Å². The van der Waals surface area contributed by atoms with Gasteiger partial charge in [-0.05, 0) is 49.4 Å². The Balaban J connectivity index is 1.55. The van der Waals surface area contributed by atoms with Crippen molar-refractivity contribution in [3.8, 4) is 0 Å². The van der Waals surface area contributed by atoms with Crippen LogP contribution >= 0.6 is 0 Å². The maximum absolute atomic E-state index is 10.6. The first-order chi connectivity index (χ1) is 5.77. The summed E-state index contributed by atoms with van der Waals surface area (Å²) in [6, 6.07) is 0. The van der Waals surface area contributed by atoms with Crippen LogP contribution in [0.2, 0.25) is 0 Å². The molecule has 2 nitrogen and oxygen atoms in total. The smallest absolute Gasteiger partial charge is 0.306 e. The molecule has 0 saturated heterocycles. The first-order valence-corrected chi connectivity index (χ1v) is 5.00. The molecule has 0 bridgehead atoms. The van der Waals surface area contributed by atoms with Crippen LogP contribution in [0.15, 0.2) is 0 Å². The average molecular weight is 166 g/mol. The lowest BCUT2D eigenvalue weighted by Gasteiger charge is -1.93. The highest BCUT2D eigenvalue weighted by atomic mass is 16.4. The number of rotatable bonds is 3. The Kier molecular flexibility index (Phi) is 1.18. The molecule has 3 saturated carbocycles. The summed E-state index contributed by atoms with van der Waals surface area (Å²) in [6.07, 6.45) is 5.17. The van der Waals surface area contributed by atoms with Gasteiger partial charge in [0.25, 0.3) is 0 Å². The first-order valence-electron chi connectivity index (χ1n) is 5.00. The third-order valence-corrected chi connectivity index (χ3v) is 3.83. The quantitative estimate of drug-likeness (QED) is 0.693. The van der Waals surface area contributed by atoms with Crippen molar-refractivity contribution in [1.29, 1.82) is 0 Å². The Morgan fingerprint density at radius 3 is 2.33 bits per heavy atom. The van der Waals surface area contributed by atoms with Gasteiger partial charge in [0.2, 0.25) is 0 Å². The van der Waals surface area contributed by atoms with Crippen molar-refractivity contribution in [2.75, 3.05) is 0 Å². The second-order valence-electron chi connectivity index (χ2n) is 4.75. The van der Waals surface area contributed by atoms with Crippen LogP contribution in [0, 0.1) is 29.6 Å². The van der Waals surface area contributed by atoms with E-state index >= 15 is 0 Å². The van der Waals surface area contributed by atoms with Crippen molar-refractivity contribution in [3.63, 3.8) is 0 Å². The molecule has 0 spiro atoms. The number of carboxylic acid groups (broad SMARTS) is 1. The Hall–Kier alpha value is -0.530. The van der Waals surface area contributed by atoms with E-state index in [2.05, 4.69) is 0 Å². The van der Waals surface area contributed by atoms with Gasteiger partial charge in [0, 0.05) is 0 Å². The Morgan fingerprint density at radius 2 is 1.83 bits per heavy atom. The SMILES string of the molecule is O=C(O)[C@@H]1C[C@@H]1[C@H]1C[C@H]1C1CC1. The molecule has 0 radical (unpaired) electrons. The van der Waals surface area contributed by atoms with Gasteiger partial charge in [0.1, 0.15) is 0 Å². The summed E-state index contributed by atoms with van der Waals surface area (Å²) in [5, 5.41) is 8.74. The third-order valence-electron chi connectivity index (χ3n) is 3.83. The molecule has 0 aromatic rings. The number of hydrogen-bond donors (Lipinski definition) is 1. The fraction of sp³-hybridized carbons (Fsp3) is 0.900. The highest BCUT2D eigenvalue weighted by Crippen LogP contribution is 2.64. The van der Waals surface area contributed by atoms with E-state index in [0.717, 1.165) is 24.2 Å². The minimum Gasteiger partial charge on any atom is -0.481 e. The Labute approximate surface area is 72.0 Å². The standard InChI is InChI=1S/C10H14O2/c11-10(12)9-4-8(9)7-3-6(7)5-1-2-5/h5-9H,1-4H2,(H,11,12)/t6-,7-,8+,9+/m0/s1. The second-order valence-corrected chi connectivity index (χ2v) is 4.75. The third kappa shape index (κ3) is 0.970. The van der Waals surface area contributed by atoms with Crippen molar-refractivity contribution in [1.82, 2.24) is 0 Å². The molecule has 3 aliphatic carbocycles. The predicted molar refractivity (Wildman–Crippen MR) is 43.6 cm³/mol. The molecule has 1 N–H and O–H groups in total. The summed E-state index contributed by atoms with van der Waals surface area (Å²) < 4.78 is 0. The molecule has 3 rings (SSSR count). The van der Waals surface area contributed by atoms with Crippen LogP contribution < -0.4 is 0 Å². The Morgan fingerprint density at radius 1 is 1.08 bits per heavy atom. The number of carboxylic acids is 1. The maximum Gasteiger partial charge on any atom is 0.306 e. The van der Waals surface area contributed by atoms with Crippen molar-refractivity contribution in [2.24, 2.45) is 29.6 Å². The Bertz CT molecular complexity index is 232. The molecule has 0 aromatic carbocycles. The van der Waals surface area contributed by atoms with E-state index in [4.69, 9.17) is 5.11 Å². The molecule has 0 aliphatic heterocycles. The summed E-state index contributed by atoms with van der Waals surface area (Å²) >= 11 is 0. The molecule has 0 amide bonds. The number of aliphatic carboxylic acids is 1. The van der Waals surface area contributed by atoms with E-state index in [1.54, 1.807) is 0 Å². The molecule has 0 unspecified atom stereocenters. The molecule has 4 atom stereocenters. The van der Waals surface area contributed by atoms with Crippen LogP contribution in [0.25, 0.3) is 0 Å². The van der Waals surface area contributed by atoms with Gasteiger partial charge in [-0.3, -0.25) is 4.79 Å². The highest BCUT2D eigenvalue weighted by Gasteiger charge is 2.59. The van der Waals surface area contributed by atoms with E-state index in [1.807, 2.05) is 0 Å². The van der Waals surface area contributed by atoms with Crippen molar-refractivity contribution < 1.29 is 9.90 Å². The zero-order valence-corrected chi connectivity index (χ0v) is 7.07. The van der Waals surface area contributed by atoms with Crippen molar-refractivity contribution >= 4 is 5.97 Å². The van der Waals surface area contributed by atoms with Gasteiger partial charge < -0.3 is 5.11 Å². The minimum atomic E-state index is -0.554. The van der Waals surface area contributed by atoms with Crippen LogP contribution in [-0.2, 0) is 4.79 Å². The zero-order valence-electron chi connectivity index (χ0n) is 7.07. The molecular formula is C10H14O2. The van der Waals surface area contributed by atoms with Crippen LogP contribution in [0.3, 0.4) is 0 Å². The predicted octanol–water partition coefficient (Wildman–Crippen LogP) is 1.75. The van der Waals surface area contributed by atoms with E-state index < -0.39 is 5.97 Å². The fourth-order valence-corrected chi connectivity index (χ4v) is 2.77. The number of carbonyl (C=O) groups is 1. The zero-order chi connectivity index (χ0) is 8.29. The normalized spacial score (nSPS) is 50.3. The molecular weight excluding hydrogens is 152 g/mol.